The Morgan fingerprint density at radius 2 is 2.38 bits per heavy atom. The van der Waals surface area contributed by atoms with E-state index in [2.05, 4.69) is 20.8 Å². The third kappa shape index (κ3) is 2.94. The molecule has 0 aliphatic carbocycles. The van der Waals surface area contributed by atoms with E-state index in [0.29, 0.717) is 5.69 Å². The second-order valence-corrected chi connectivity index (χ2v) is 2.35. The number of hydrogen-bond donors (Lipinski definition) is 3. The van der Waals surface area contributed by atoms with Crippen LogP contribution >= 0.6 is 0 Å². The largest absolute Gasteiger partial charge is 0.341 e. The Morgan fingerprint density at radius 1 is 1.62 bits per heavy atom. The molecule has 13 heavy (non-hydrogen) atoms. The van der Waals surface area contributed by atoms with E-state index < -0.39 is 0 Å². The van der Waals surface area contributed by atoms with Crippen molar-refractivity contribution in [3.8, 4) is 0 Å². The van der Waals surface area contributed by atoms with Crippen LogP contribution in [-0.4, -0.2) is 23.3 Å². The zero-order chi connectivity index (χ0) is 9.68. The standard InChI is InChI=1S/C7H10N4O2/c1-8-7(13)9-4-5-2-3-6(12)11-10-5/h2-3H,4H2,1H3,(H,11,12)(H2,8,9,13). The Balaban J connectivity index is 2.50. The summed E-state index contributed by atoms with van der Waals surface area (Å²) in [7, 11) is 1.52. The van der Waals surface area contributed by atoms with Gasteiger partial charge in [-0.1, -0.05) is 0 Å². The van der Waals surface area contributed by atoms with E-state index in [-0.39, 0.29) is 18.1 Å². The molecule has 6 nitrogen and oxygen atoms in total. The first-order chi connectivity index (χ1) is 6.22. The Kier molecular flexibility index (Phi) is 3.02. The fourth-order valence-corrected chi connectivity index (χ4v) is 0.731. The van der Waals surface area contributed by atoms with Gasteiger partial charge >= 0.3 is 6.03 Å². The van der Waals surface area contributed by atoms with Gasteiger partial charge < -0.3 is 10.6 Å². The maximum Gasteiger partial charge on any atom is 0.314 e. The molecule has 0 spiro atoms. The van der Waals surface area contributed by atoms with Gasteiger partial charge in [-0.2, -0.15) is 5.10 Å². The van der Waals surface area contributed by atoms with Gasteiger partial charge in [-0.25, -0.2) is 9.89 Å². The lowest BCUT2D eigenvalue weighted by molar-refractivity contribution is 0.242. The van der Waals surface area contributed by atoms with E-state index in [0.717, 1.165) is 0 Å². The Hall–Kier alpha value is -1.85. The molecule has 0 aromatic carbocycles. The molecule has 70 valence electrons. The van der Waals surface area contributed by atoms with E-state index in [1.165, 1.54) is 13.1 Å². The number of aromatic amines is 1. The van der Waals surface area contributed by atoms with Crippen LogP contribution in [0.1, 0.15) is 5.69 Å². The van der Waals surface area contributed by atoms with Crippen LogP contribution in [0.5, 0.6) is 0 Å². The minimum absolute atomic E-state index is 0.260. The maximum absolute atomic E-state index is 10.7. The van der Waals surface area contributed by atoms with Crippen molar-refractivity contribution in [3.63, 3.8) is 0 Å². The minimum Gasteiger partial charge on any atom is -0.341 e. The molecule has 6 heteroatoms. The minimum atomic E-state index is -0.284. The number of H-pyrrole nitrogens is 1. The monoisotopic (exact) mass is 182 g/mol. The van der Waals surface area contributed by atoms with Crippen molar-refractivity contribution in [2.24, 2.45) is 0 Å². The zero-order valence-corrected chi connectivity index (χ0v) is 7.13. The van der Waals surface area contributed by atoms with Gasteiger partial charge in [-0.3, -0.25) is 4.79 Å². The van der Waals surface area contributed by atoms with Crippen LogP contribution in [0, 0.1) is 0 Å². The lowest BCUT2D eigenvalue weighted by Gasteiger charge is -2.01. The number of hydrogen-bond acceptors (Lipinski definition) is 3. The number of nitrogens with zero attached hydrogens (tertiary/aromatic N) is 1. The molecule has 0 fully saturated rings. The average molecular weight is 182 g/mol. The predicted molar refractivity (Wildman–Crippen MR) is 46.2 cm³/mol. The van der Waals surface area contributed by atoms with E-state index in [1.807, 2.05) is 0 Å². The number of amides is 2. The number of nitrogens with one attached hydrogen (secondary N) is 3. The van der Waals surface area contributed by atoms with Crippen LogP contribution in [0.25, 0.3) is 0 Å². The molecule has 0 radical (unpaired) electrons. The first-order valence-electron chi connectivity index (χ1n) is 3.72. The highest BCUT2D eigenvalue weighted by atomic mass is 16.2. The highest BCUT2D eigenvalue weighted by molar-refractivity contribution is 5.73. The molecule has 0 unspecified atom stereocenters. The normalized spacial score (nSPS) is 9.31. The molecule has 1 aromatic heterocycles. The Bertz CT molecular complexity index is 326. The molecule has 0 saturated heterocycles. The van der Waals surface area contributed by atoms with E-state index >= 15 is 0 Å². The van der Waals surface area contributed by atoms with Crippen molar-refractivity contribution in [1.82, 2.24) is 20.8 Å². The third-order valence-electron chi connectivity index (χ3n) is 1.39. The van der Waals surface area contributed by atoms with Crippen molar-refractivity contribution in [2.45, 2.75) is 6.54 Å². The molecule has 1 aromatic rings. The van der Waals surface area contributed by atoms with Gasteiger partial charge in [0, 0.05) is 13.1 Å². The number of aromatic nitrogens is 2. The SMILES string of the molecule is CNC(=O)NCc1ccc(=O)[nH]n1. The average Bonchev–Trinajstić information content (AvgIpc) is 2.16. The molecular formula is C7H10N4O2. The van der Waals surface area contributed by atoms with Crippen molar-refractivity contribution in [3.05, 3.63) is 28.2 Å². The molecule has 1 heterocycles. The van der Waals surface area contributed by atoms with Gasteiger partial charge in [0.1, 0.15) is 0 Å². The number of carbonyl (C=O) groups is 1. The van der Waals surface area contributed by atoms with E-state index in [4.69, 9.17) is 0 Å². The maximum atomic E-state index is 10.7. The van der Waals surface area contributed by atoms with Crippen molar-refractivity contribution < 1.29 is 4.79 Å². The van der Waals surface area contributed by atoms with Crippen molar-refractivity contribution in [1.29, 1.82) is 0 Å². The summed E-state index contributed by atoms with van der Waals surface area (Å²) in [6.07, 6.45) is 0. The first-order valence-corrected chi connectivity index (χ1v) is 3.72. The first kappa shape index (κ1) is 9.24. The Labute approximate surface area is 74.4 Å². The summed E-state index contributed by atoms with van der Waals surface area (Å²) < 4.78 is 0. The molecule has 0 saturated carbocycles. The fraction of sp³-hybridized carbons (Fsp3) is 0.286. The summed E-state index contributed by atoms with van der Waals surface area (Å²) in [6.45, 7) is 0.288. The molecule has 0 aliphatic heterocycles. The summed E-state index contributed by atoms with van der Waals surface area (Å²) >= 11 is 0. The Morgan fingerprint density at radius 3 is 2.92 bits per heavy atom. The second kappa shape index (κ2) is 4.24. The number of carbonyl (C=O) groups excluding carboxylic acids is 1. The molecule has 0 bridgehead atoms. The lowest BCUT2D eigenvalue weighted by Crippen LogP contribution is -2.32. The van der Waals surface area contributed by atoms with E-state index in [9.17, 15) is 9.59 Å². The van der Waals surface area contributed by atoms with Crippen molar-refractivity contribution >= 4 is 6.03 Å². The van der Waals surface area contributed by atoms with Crippen LogP contribution < -0.4 is 16.2 Å². The fourth-order valence-electron chi connectivity index (χ4n) is 0.731. The summed E-state index contributed by atoms with van der Waals surface area (Å²) in [6, 6.07) is 2.62. The van der Waals surface area contributed by atoms with Gasteiger partial charge in [0.25, 0.3) is 5.56 Å². The zero-order valence-electron chi connectivity index (χ0n) is 7.13. The quantitative estimate of drug-likeness (QED) is 0.559. The predicted octanol–water partition coefficient (Wildman–Crippen LogP) is -0.801. The summed E-state index contributed by atoms with van der Waals surface area (Å²) in [5.41, 5.74) is 0.340. The topological polar surface area (TPSA) is 86.9 Å². The van der Waals surface area contributed by atoms with Crippen LogP contribution in [-0.2, 0) is 6.54 Å². The molecule has 0 aliphatic rings. The second-order valence-electron chi connectivity index (χ2n) is 2.35. The van der Waals surface area contributed by atoms with Crippen molar-refractivity contribution in [2.75, 3.05) is 7.05 Å². The van der Waals surface area contributed by atoms with Gasteiger partial charge in [0.15, 0.2) is 0 Å². The van der Waals surface area contributed by atoms with Crippen LogP contribution in [0.15, 0.2) is 16.9 Å². The van der Waals surface area contributed by atoms with Crippen LogP contribution in [0.3, 0.4) is 0 Å². The molecule has 1 rings (SSSR count). The van der Waals surface area contributed by atoms with Gasteiger partial charge in [-0.05, 0) is 6.07 Å². The number of urea groups is 1. The molecule has 3 N–H and O–H groups in total. The van der Waals surface area contributed by atoms with Crippen LogP contribution in [0.2, 0.25) is 0 Å². The number of rotatable bonds is 2. The summed E-state index contributed by atoms with van der Waals surface area (Å²) in [5.74, 6) is 0. The molecular weight excluding hydrogens is 172 g/mol. The van der Waals surface area contributed by atoms with Gasteiger partial charge in [0.2, 0.25) is 0 Å². The summed E-state index contributed by atoms with van der Waals surface area (Å²) in [5, 5.41) is 10.9. The lowest BCUT2D eigenvalue weighted by atomic mass is 10.4. The molecule has 2 amide bonds. The highest BCUT2D eigenvalue weighted by Gasteiger charge is 1.97. The smallest absolute Gasteiger partial charge is 0.314 e. The third-order valence-corrected chi connectivity index (χ3v) is 1.39. The van der Waals surface area contributed by atoms with Gasteiger partial charge in [0.05, 0.1) is 12.2 Å². The van der Waals surface area contributed by atoms with Crippen LogP contribution in [0.4, 0.5) is 4.79 Å². The highest BCUT2D eigenvalue weighted by Crippen LogP contribution is 1.86. The summed E-state index contributed by atoms with van der Waals surface area (Å²) in [4.78, 5) is 21.3. The van der Waals surface area contributed by atoms with Gasteiger partial charge in [-0.15, -0.1) is 0 Å². The van der Waals surface area contributed by atoms with E-state index in [1.54, 1.807) is 6.07 Å². The molecule has 0 atom stereocenters.